The molecule has 0 spiro atoms. The molecule has 0 aromatic heterocycles. The van der Waals surface area contributed by atoms with Gasteiger partial charge in [-0.15, -0.1) is 11.8 Å². The van der Waals surface area contributed by atoms with Crippen LogP contribution in [0.2, 0.25) is 0 Å². The van der Waals surface area contributed by atoms with Crippen LogP contribution in [0, 0.1) is 6.92 Å². The van der Waals surface area contributed by atoms with E-state index in [2.05, 4.69) is 10.6 Å². The van der Waals surface area contributed by atoms with Crippen molar-refractivity contribution in [2.75, 3.05) is 18.2 Å². The number of aryl methyl sites for hydroxylation is 1. The molecule has 2 rings (SSSR count). The summed E-state index contributed by atoms with van der Waals surface area (Å²) in [4.78, 5) is 24.1. The van der Waals surface area contributed by atoms with E-state index in [0.29, 0.717) is 6.54 Å². The Kier molecular flexibility index (Phi) is 7.53. The Bertz CT molecular complexity index is 730. The van der Waals surface area contributed by atoms with Crippen LogP contribution in [0.15, 0.2) is 48.5 Å². The van der Waals surface area contributed by atoms with E-state index < -0.39 is 0 Å². The summed E-state index contributed by atoms with van der Waals surface area (Å²) in [5.41, 5.74) is 2.89. The van der Waals surface area contributed by atoms with E-state index in [4.69, 9.17) is 4.74 Å². The molecular formula is C20H24N2O3S. The van der Waals surface area contributed by atoms with Crippen molar-refractivity contribution in [2.45, 2.75) is 25.6 Å². The Balaban J connectivity index is 1.72. The largest absolute Gasteiger partial charge is 0.497 e. The molecule has 0 bridgehead atoms. The minimum Gasteiger partial charge on any atom is -0.497 e. The van der Waals surface area contributed by atoms with Crippen LogP contribution >= 0.6 is 11.8 Å². The van der Waals surface area contributed by atoms with Gasteiger partial charge in [-0.25, -0.2) is 0 Å². The Morgan fingerprint density at radius 3 is 2.35 bits per heavy atom. The van der Waals surface area contributed by atoms with Crippen LogP contribution in [0.3, 0.4) is 0 Å². The van der Waals surface area contributed by atoms with Crippen LogP contribution in [0.5, 0.6) is 5.75 Å². The van der Waals surface area contributed by atoms with Gasteiger partial charge >= 0.3 is 0 Å². The van der Waals surface area contributed by atoms with Gasteiger partial charge < -0.3 is 15.4 Å². The first-order valence-electron chi connectivity index (χ1n) is 8.36. The van der Waals surface area contributed by atoms with Gasteiger partial charge in [0.1, 0.15) is 5.75 Å². The van der Waals surface area contributed by atoms with Crippen molar-refractivity contribution in [1.82, 2.24) is 5.32 Å². The number of benzene rings is 2. The molecule has 0 aliphatic heterocycles. The molecule has 1 unspecified atom stereocenters. The van der Waals surface area contributed by atoms with Crippen LogP contribution in [0.4, 0.5) is 5.69 Å². The highest BCUT2D eigenvalue weighted by atomic mass is 32.2. The average molecular weight is 372 g/mol. The molecule has 0 fully saturated rings. The van der Waals surface area contributed by atoms with Gasteiger partial charge in [0.2, 0.25) is 11.8 Å². The third-order valence-corrected chi connectivity index (χ3v) is 4.94. The molecular weight excluding hydrogens is 348 g/mol. The molecule has 0 saturated heterocycles. The summed E-state index contributed by atoms with van der Waals surface area (Å²) in [5.74, 6) is 0.802. The number of carbonyl (C=O) groups is 2. The highest BCUT2D eigenvalue weighted by Crippen LogP contribution is 2.14. The summed E-state index contributed by atoms with van der Waals surface area (Å²) in [6.07, 6.45) is 0. The van der Waals surface area contributed by atoms with Crippen molar-refractivity contribution in [3.8, 4) is 5.75 Å². The number of hydrogen-bond acceptors (Lipinski definition) is 4. The Labute approximate surface area is 158 Å². The maximum absolute atomic E-state index is 12.2. The molecule has 0 radical (unpaired) electrons. The quantitative estimate of drug-likeness (QED) is 0.745. The SMILES string of the molecule is COc1ccc(CNC(=O)C(C)SCC(=O)Nc2ccc(C)cc2)cc1. The number of thioether (sulfide) groups is 1. The smallest absolute Gasteiger partial charge is 0.234 e. The minimum absolute atomic E-state index is 0.0889. The molecule has 1 atom stereocenters. The van der Waals surface area contributed by atoms with E-state index >= 15 is 0 Å². The van der Waals surface area contributed by atoms with Crippen molar-refractivity contribution >= 4 is 29.3 Å². The van der Waals surface area contributed by atoms with E-state index in [1.165, 1.54) is 11.8 Å². The third kappa shape index (κ3) is 6.44. The highest BCUT2D eigenvalue weighted by molar-refractivity contribution is 8.01. The molecule has 2 aromatic rings. The zero-order valence-electron chi connectivity index (χ0n) is 15.2. The van der Waals surface area contributed by atoms with Gasteiger partial charge in [-0.05, 0) is 43.7 Å². The number of ether oxygens (including phenoxy) is 1. The second-order valence-corrected chi connectivity index (χ2v) is 7.26. The summed E-state index contributed by atoms with van der Waals surface area (Å²) in [7, 11) is 1.62. The van der Waals surface area contributed by atoms with E-state index in [-0.39, 0.29) is 22.8 Å². The number of rotatable bonds is 8. The Morgan fingerprint density at radius 1 is 1.08 bits per heavy atom. The summed E-state index contributed by atoms with van der Waals surface area (Å²) in [6.45, 7) is 4.24. The van der Waals surface area contributed by atoms with E-state index in [1.807, 2.05) is 55.5 Å². The second kappa shape index (κ2) is 9.87. The molecule has 0 aliphatic carbocycles. The molecule has 0 heterocycles. The number of carbonyl (C=O) groups excluding carboxylic acids is 2. The molecule has 26 heavy (non-hydrogen) atoms. The molecule has 0 aliphatic rings. The molecule has 138 valence electrons. The normalized spacial score (nSPS) is 11.5. The van der Waals surface area contributed by atoms with Crippen LogP contribution in [0.1, 0.15) is 18.1 Å². The maximum atomic E-state index is 12.2. The van der Waals surface area contributed by atoms with Crippen LogP contribution < -0.4 is 15.4 Å². The molecule has 2 N–H and O–H groups in total. The fourth-order valence-electron chi connectivity index (χ4n) is 2.19. The number of anilines is 1. The Morgan fingerprint density at radius 2 is 1.73 bits per heavy atom. The van der Waals surface area contributed by atoms with Gasteiger partial charge in [-0.3, -0.25) is 9.59 Å². The van der Waals surface area contributed by atoms with Crippen LogP contribution in [-0.2, 0) is 16.1 Å². The first-order valence-corrected chi connectivity index (χ1v) is 9.41. The third-order valence-electron chi connectivity index (χ3n) is 3.79. The lowest BCUT2D eigenvalue weighted by molar-refractivity contribution is -0.120. The molecule has 2 aromatic carbocycles. The predicted molar refractivity (Wildman–Crippen MR) is 107 cm³/mol. The fraction of sp³-hybridized carbons (Fsp3) is 0.300. The monoisotopic (exact) mass is 372 g/mol. The summed E-state index contributed by atoms with van der Waals surface area (Å²) >= 11 is 1.31. The standard InChI is InChI=1S/C20H24N2O3S/c1-14-4-8-17(9-5-14)22-19(23)13-26-15(2)20(24)21-12-16-6-10-18(25-3)11-7-16/h4-11,15H,12-13H2,1-3H3,(H,21,24)(H,22,23). The molecule has 5 nitrogen and oxygen atoms in total. The lowest BCUT2D eigenvalue weighted by Crippen LogP contribution is -2.31. The zero-order chi connectivity index (χ0) is 18.9. The fourth-order valence-corrected chi connectivity index (χ4v) is 2.89. The van der Waals surface area contributed by atoms with Gasteiger partial charge in [0, 0.05) is 12.2 Å². The Hall–Kier alpha value is -2.47. The minimum atomic E-state index is -0.308. The summed E-state index contributed by atoms with van der Waals surface area (Å²) in [6, 6.07) is 15.1. The topological polar surface area (TPSA) is 67.4 Å². The van der Waals surface area contributed by atoms with Gasteiger partial charge in [0.05, 0.1) is 18.1 Å². The van der Waals surface area contributed by atoms with Crippen molar-refractivity contribution in [3.63, 3.8) is 0 Å². The summed E-state index contributed by atoms with van der Waals surface area (Å²) in [5, 5.41) is 5.40. The van der Waals surface area contributed by atoms with Crippen molar-refractivity contribution in [3.05, 3.63) is 59.7 Å². The number of hydrogen-bond donors (Lipinski definition) is 2. The van der Waals surface area contributed by atoms with Crippen LogP contribution in [0.25, 0.3) is 0 Å². The van der Waals surface area contributed by atoms with Crippen molar-refractivity contribution < 1.29 is 14.3 Å². The first kappa shape index (κ1) is 19.8. The van der Waals surface area contributed by atoms with E-state index in [9.17, 15) is 9.59 Å². The van der Waals surface area contributed by atoms with Gasteiger partial charge in [0.25, 0.3) is 0 Å². The van der Waals surface area contributed by atoms with Crippen molar-refractivity contribution in [2.24, 2.45) is 0 Å². The first-order chi connectivity index (χ1) is 12.5. The zero-order valence-corrected chi connectivity index (χ0v) is 16.1. The number of methoxy groups -OCH3 is 1. The predicted octanol–water partition coefficient (Wildman–Crippen LogP) is 3.38. The summed E-state index contributed by atoms with van der Waals surface area (Å²) < 4.78 is 5.11. The van der Waals surface area contributed by atoms with Gasteiger partial charge in [-0.1, -0.05) is 29.8 Å². The molecule has 2 amide bonds. The lowest BCUT2D eigenvalue weighted by Gasteiger charge is -2.12. The number of nitrogens with one attached hydrogen (secondary N) is 2. The molecule has 6 heteroatoms. The lowest BCUT2D eigenvalue weighted by atomic mass is 10.2. The molecule has 0 saturated carbocycles. The maximum Gasteiger partial charge on any atom is 0.234 e. The van der Waals surface area contributed by atoms with Crippen molar-refractivity contribution in [1.29, 1.82) is 0 Å². The average Bonchev–Trinajstić information content (AvgIpc) is 2.66. The van der Waals surface area contributed by atoms with Crippen LogP contribution in [-0.4, -0.2) is 29.9 Å². The van der Waals surface area contributed by atoms with E-state index in [1.54, 1.807) is 14.0 Å². The number of amides is 2. The highest BCUT2D eigenvalue weighted by Gasteiger charge is 2.15. The van der Waals surface area contributed by atoms with Gasteiger partial charge in [-0.2, -0.15) is 0 Å². The van der Waals surface area contributed by atoms with Gasteiger partial charge in [0.15, 0.2) is 0 Å². The van der Waals surface area contributed by atoms with E-state index in [0.717, 1.165) is 22.6 Å². The second-order valence-electron chi connectivity index (χ2n) is 5.93.